The average Bonchev–Trinajstić information content (AvgIpc) is 3.75. The second kappa shape index (κ2) is 18.4. The number of hydrogen-bond donors (Lipinski definition) is 4. The molecule has 2 fully saturated rings. The number of aryl methyl sites for hydroxylation is 1. The molecule has 4 atom stereocenters. The molecule has 2 aliphatic rings. The van der Waals surface area contributed by atoms with E-state index < -0.39 is 12.1 Å². The predicted molar refractivity (Wildman–Crippen MR) is 166 cm³/mol. The summed E-state index contributed by atoms with van der Waals surface area (Å²) in [6, 6.07) is 10.1. The van der Waals surface area contributed by atoms with Crippen molar-refractivity contribution in [1.82, 2.24) is 31.3 Å². The van der Waals surface area contributed by atoms with Gasteiger partial charge >= 0.3 is 0 Å². The molecule has 2 aliphatic heterocycles. The quantitative estimate of drug-likeness (QED) is 0.223. The molecule has 4 unspecified atom stereocenters. The molecule has 0 saturated carbocycles. The first kappa shape index (κ1) is 35.9. The van der Waals surface area contributed by atoms with Crippen molar-refractivity contribution < 1.29 is 28.5 Å². The SMILES string of the molecule is C=C(C)C(CC1CCNC1=O)NC(=O)C1CCCN1C(=O)C(NC)c1ccccc1.CC(C)NC=O.Cc1cc(C=O)no1. The van der Waals surface area contributed by atoms with Crippen LogP contribution in [0.25, 0.3) is 0 Å². The molecule has 1 aromatic heterocycles. The summed E-state index contributed by atoms with van der Waals surface area (Å²) < 4.78 is 4.57. The van der Waals surface area contributed by atoms with E-state index in [1.807, 2.05) is 51.1 Å². The van der Waals surface area contributed by atoms with Crippen LogP contribution in [0.4, 0.5) is 0 Å². The van der Waals surface area contributed by atoms with Crippen LogP contribution in [0, 0.1) is 12.8 Å². The van der Waals surface area contributed by atoms with Crippen LogP contribution >= 0.6 is 0 Å². The smallest absolute Gasteiger partial charge is 0.244 e. The van der Waals surface area contributed by atoms with E-state index in [2.05, 4.69) is 37.5 Å². The number of likely N-dealkylation sites (tertiary alicyclic amines) is 1. The molecule has 2 aromatic rings. The van der Waals surface area contributed by atoms with Crippen molar-refractivity contribution in [3.63, 3.8) is 0 Å². The lowest BCUT2D eigenvalue weighted by Gasteiger charge is -2.30. The molecule has 2 saturated heterocycles. The number of rotatable bonds is 11. The van der Waals surface area contributed by atoms with Gasteiger partial charge in [0.1, 0.15) is 23.5 Å². The molecule has 44 heavy (non-hydrogen) atoms. The highest BCUT2D eigenvalue weighted by Gasteiger charge is 2.38. The van der Waals surface area contributed by atoms with Crippen LogP contribution < -0.4 is 21.3 Å². The Hall–Kier alpha value is -4.32. The van der Waals surface area contributed by atoms with Crippen molar-refractivity contribution >= 4 is 30.4 Å². The average molecular weight is 611 g/mol. The molecule has 0 aliphatic carbocycles. The van der Waals surface area contributed by atoms with Gasteiger partial charge in [-0.2, -0.15) is 0 Å². The minimum absolute atomic E-state index is 0.0351. The van der Waals surface area contributed by atoms with Crippen molar-refractivity contribution in [3.05, 3.63) is 65.6 Å². The van der Waals surface area contributed by atoms with Gasteiger partial charge in [0.05, 0.1) is 6.04 Å². The number of carbonyl (C=O) groups is 5. The molecule has 240 valence electrons. The number of carbonyl (C=O) groups excluding carboxylic acids is 5. The second-order valence-corrected chi connectivity index (χ2v) is 11.2. The molecule has 0 spiro atoms. The summed E-state index contributed by atoms with van der Waals surface area (Å²) in [4.78, 5) is 59.4. The lowest BCUT2D eigenvalue weighted by atomic mass is 9.94. The molecular weight excluding hydrogens is 564 g/mol. The predicted octanol–water partition coefficient (Wildman–Crippen LogP) is 2.46. The molecule has 4 amide bonds. The van der Waals surface area contributed by atoms with Gasteiger partial charge in [-0.15, -0.1) is 0 Å². The van der Waals surface area contributed by atoms with Crippen molar-refractivity contribution in [1.29, 1.82) is 0 Å². The minimum Gasteiger partial charge on any atom is -0.361 e. The highest BCUT2D eigenvalue weighted by atomic mass is 16.5. The van der Waals surface area contributed by atoms with Gasteiger partial charge in [-0.25, -0.2) is 0 Å². The summed E-state index contributed by atoms with van der Waals surface area (Å²) in [5.74, 6) is 0.318. The van der Waals surface area contributed by atoms with Crippen molar-refractivity contribution in [2.75, 3.05) is 20.1 Å². The van der Waals surface area contributed by atoms with Gasteiger partial charge in [0.2, 0.25) is 24.1 Å². The molecule has 0 bridgehead atoms. The highest BCUT2D eigenvalue weighted by molar-refractivity contribution is 5.91. The highest BCUT2D eigenvalue weighted by Crippen LogP contribution is 2.25. The van der Waals surface area contributed by atoms with Crippen LogP contribution in [-0.2, 0) is 19.2 Å². The fourth-order valence-electron chi connectivity index (χ4n) is 4.93. The zero-order chi connectivity index (χ0) is 32.6. The normalized spacial score (nSPS) is 18.5. The van der Waals surface area contributed by atoms with Gasteiger partial charge in [0.15, 0.2) is 6.29 Å². The first-order valence-corrected chi connectivity index (χ1v) is 14.9. The molecule has 4 N–H and O–H groups in total. The Morgan fingerprint density at radius 2 is 1.91 bits per heavy atom. The van der Waals surface area contributed by atoms with Gasteiger partial charge < -0.3 is 30.7 Å². The standard InChI is InChI=1S/C23H32N4O3.C5H5NO2.C4H9NO/c1-15(2)18(14-17-11-12-25-21(17)28)26-22(29)19-10-7-13-27(19)23(30)20(24-3)16-8-5-4-6-9-16;1-4-2-5(3-7)6-8-4;1-4(2)5-3-6/h4-6,8-9,17-20,24H,1,7,10-14H2,2-3H3,(H,25,28)(H,26,29);2-3H,1H3;3-4H,1-2H3,(H,5,6). The fourth-order valence-corrected chi connectivity index (χ4v) is 4.93. The van der Waals surface area contributed by atoms with Crippen LogP contribution in [0.1, 0.15) is 74.3 Å². The number of likely N-dealkylation sites (N-methyl/N-ethyl adjacent to an activating group) is 1. The Morgan fingerprint density at radius 1 is 1.20 bits per heavy atom. The van der Waals surface area contributed by atoms with Crippen LogP contribution in [0.15, 0.2) is 53.1 Å². The van der Waals surface area contributed by atoms with E-state index in [0.717, 1.165) is 24.0 Å². The lowest BCUT2D eigenvalue weighted by molar-refractivity contribution is -0.140. The molecule has 12 heteroatoms. The Balaban J connectivity index is 0.000000396. The summed E-state index contributed by atoms with van der Waals surface area (Å²) in [5.41, 5.74) is 2.04. The first-order chi connectivity index (χ1) is 21.0. The maximum Gasteiger partial charge on any atom is 0.244 e. The monoisotopic (exact) mass is 610 g/mol. The van der Waals surface area contributed by atoms with Gasteiger partial charge in [-0.05, 0) is 66.0 Å². The maximum absolute atomic E-state index is 13.2. The minimum atomic E-state index is -0.503. The number of aromatic nitrogens is 1. The Bertz CT molecular complexity index is 1250. The number of amides is 4. The topological polar surface area (TPSA) is 163 Å². The number of nitrogens with one attached hydrogen (secondary N) is 4. The van der Waals surface area contributed by atoms with Crippen molar-refractivity contribution in [2.45, 2.75) is 77.5 Å². The number of aldehydes is 1. The molecule has 3 heterocycles. The first-order valence-electron chi connectivity index (χ1n) is 14.9. The Labute approximate surface area is 259 Å². The van der Waals surface area contributed by atoms with Crippen LogP contribution in [0.5, 0.6) is 0 Å². The van der Waals surface area contributed by atoms with Crippen LogP contribution in [-0.4, -0.2) is 78.7 Å². The molecular formula is C32H46N6O6. The largest absolute Gasteiger partial charge is 0.361 e. The van der Waals surface area contributed by atoms with E-state index in [1.54, 1.807) is 24.9 Å². The van der Waals surface area contributed by atoms with E-state index in [9.17, 15) is 24.0 Å². The summed E-state index contributed by atoms with van der Waals surface area (Å²) in [5, 5.41) is 14.9. The summed E-state index contributed by atoms with van der Waals surface area (Å²) >= 11 is 0. The van der Waals surface area contributed by atoms with E-state index in [-0.39, 0.29) is 35.7 Å². The van der Waals surface area contributed by atoms with Gasteiger partial charge in [-0.3, -0.25) is 24.0 Å². The fraction of sp³-hybridized carbons (Fsp3) is 0.500. The van der Waals surface area contributed by atoms with Crippen molar-refractivity contribution in [2.24, 2.45) is 5.92 Å². The van der Waals surface area contributed by atoms with Crippen LogP contribution in [0.2, 0.25) is 0 Å². The molecule has 4 rings (SSSR count). The third-order valence-corrected chi connectivity index (χ3v) is 7.27. The van der Waals surface area contributed by atoms with E-state index in [4.69, 9.17) is 0 Å². The molecule has 0 radical (unpaired) electrons. The number of benzene rings is 1. The zero-order valence-electron chi connectivity index (χ0n) is 26.3. The van der Waals surface area contributed by atoms with Gasteiger partial charge in [0, 0.05) is 31.1 Å². The van der Waals surface area contributed by atoms with Crippen molar-refractivity contribution in [3.8, 4) is 0 Å². The zero-order valence-corrected chi connectivity index (χ0v) is 26.3. The summed E-state index contributed by atoms with van der Waals surface area (Å²) in [6.07, 6.45) is 4.08. The Kier molecular flexibility index (Phi) is 15.0. The van der Waals surface area contributed by atoms with Gasteiger partial charge in [0.25, 0.3) is 0 Å². The number of nitrogens with zero attached hydrogens (tertiary/aromatic N) is 2. The summed E-state index contributed by atoms with van der Waals surface area (Å²) in [6.45, 7) is 12.7. The molecule has 12 nitrogen and oxygen atoms in total. The third-order valence-electron chi connectivity index (χ3n) is 7.27. The van der Waals surface area contributed by atoms with E-state index in [1.165, 1.54) is 0 Å². The lowest BCUT2D eigenvalue weighted by Crippen LogP contribution is -2.51. The maximum atomic E-state index is 13.2. The second-order valence-electron chi connectivity index (χ2n) is 11.2. The Morgan fingerprint density at radius 3 is 2.36 bits per heavy atom. The van der Waals surface area contributed by atoms with Crippen LogP contribution in [0.3, 0.4) is 0 Å². The number of hydrogen-bond acceptors (Lipinski definition) is 8. The van der Waals surface area contributed by atoms with Gasteiger partial charge in [-0.1, -0.05) is 47.6 Å². The third kappa shape index (κ3) is 11.1. The molecule has 1 aromatic carbocycles. The van der Waals surface area contributed by atoms with E-state index >= 15 is 0 Å². The van der Waals surface area contributed by atoms with E-state index in [0.29, 0.717) is 50.1 Å². The summed E-state index contributed by atoms with van der Waals surface area (Å²) in [7, 11) is 1.75.